The van der Waals surface area contributed by atoms with Gasteiger partial charge in [0.1, 0.15) is 4.88 Å². The van der Waals surface area contributed by atoms with Crippen LogP contribution in [0.2, 0.25) is 0 Å². The van der Waals surface area contributed by atoms with E-state index >= 15 is 0 Å². The van der Waals surface area contributed by atoms with Gasteiger partial charge in [-0.15, -0.1) is 0 Å². The summed E-state index contributed by atoms with van der Waals surface area (Å²) in [6.07, 6.45) is 0. The van der Waals surface area contributed by atoms with Crippen LogP contribution in [0.4, 0.5) is 10.8 Å². The number of aromatic carboxylic acids is 1. The number of rotatable bonds is 5. The molecule has 1 heterocycles. The van der Waals surface area contributed by atoms with E-state index in [2.05, 4.69) is 10.3 Å². The van der Waals surface area contributed by atoms with Crippen LogP contribution in [0.1, 0.15) is 20.9 Å². The Balaban J connectivity index is 2.12. The number of carboxylic acid groups (broad SMARTS) is 1. The predicted molar refractivity (Wildman–Crippen MR) is 74.2 cm³/mol. The molecule has 0 unspecified atom stereocenters. The molecule has 0 fully saturated rings. The standard InChI is InChI=1S/C13H14N2O3S/c1-8-11(12(16)17)19-13(14-8)15-10-5-3-9(4-6-10)7-18-2/h3-6H,7H2,1-2H3,(H,14,15)(H,16,17). The average Bonchev–Trinajstić information content (AvgIpc) is 2.73. The van der Waals surface area contributed by atoms with Gasteiger partial charge >= 0.3 is 5.97 Å². The van der Waals surface area contributed by atoms with Crippen LogP contribution in [0.25, 0.3) is 0 Å². The van der Waals surface area contributed by atoms with Gasteiger partial charge in [-0.05, 0) is 24.6 Å². The molecule has 0 aliphatic carbocycles. The second kappa shape index (κ2) is 5.81. The third-order valence-electron chi connectivity index (χ3n) is 2.51. The van der Waals surface area contributed by atoms with E-state index in [-0.39, 0.29) is 4.88 Å². The highest BCUT2D eigenvalue weighted by Gasteiger charge is 2.13. The lowest BCUT2D eigenvalue weighted by atomic mass is 10.2. The first-order chi connectivity index (χ1) is 9.10. The van der Waals surface area contributed by atoms with Crippen LogP contribution >= 0.6 is 11.3 Å². The van der Waals surface area contributed by atoms with Gasteiger partial charge in [-0.1, -0.05) is 23.5 Å². The molecular weight excluding hydrogens is 264 g/mol. The molecule has 0 radical (unpaired) electrons. The fourth-order valence-electron chi connectivity index (χ4n) is 1.62. The summed E-state index contributed by atoms with van der Waals surface area (Å²) in [6, 6.07) is 7.71. The minimum Gasteiger partial charge on any atom is -0.477 e. The molecule has 0 spiro atoms. The van der Waals surface area contributed by atoms with Crippen LogP contribution < -0.4 is 5.32 Å². The van der Waals surface area contributed by atoms with Crippen LogP contribution in [0, 0.1) is 6.92 Å². The summed E-state index contributed by atoms with van der Waals surface area (Å²) >= 11 is 1.13. The highest BCUT2D eigenvalue weighted by molar-refractivity contribution is 7.17. The molecule has 0 saturated heterocycles. The summed E-state index contributed by atoms with van der Waals surface area (Å²) in [6.45, 7) is 2.26. The minimum absolute atomic E-state index is 0.263. The lowest BCUT2D eigenvalue weighted by Crippen LogP contribution is -1.94. The van der Waals surface area contributed by atoms with Gasteiger partial charge in [-0.3, -0.25) is 0 Å². The van der Waals surface area contributed by atoms with Crippen molar-refractivity contribution in [2.24, 2.45) is 0 Å². The predicted octanol–water partition coefficient (Wildman–Crippen LogP) is 3.04. The SMILES string of the molecule is COCc1ccc(Nc2nc(C)c(C(=O)O)s2)cc1. The number of thiazole rings is 1. The first-order valence-corrected chi connectivity index (χ1v) is 6.47. The number of ether oxygens (including phenoxy) is 1. The van der Waals surface area contributed by atoms with Gasteiger partial charge in [0.2, 0.25) is 0 Å². The molecule has 19 heavy (non-hydrogen) atoms. The number of hydrogen-bond acceptors (Lipinski definition) is 5. The third kappa shape index (κ3) is 3.30. The average molecular weight is 278 g/mol. The van der Waals surface area contributed by atoms with E-state index in [0.717, 1.165) is 22.6 Å². The normalized spacial score (nSPS) is 10.4. The van der Waals surface area contributed by atoms with Gasteiger partial charge in [-0.2, -0.15) is 0 Å². The minimum atomic E-state index is -0.946. The second-order valence-corrected chi connectivity index (χ2v) is 4.99. The Bertz CT molecular complexity index is 578. The fraction of sp³-hybridized carbons (Fsp3) is 0.231. The highest BCUT2D eigenvalue weighted by atomic mass is 32.1. The van der Waals surface area contributed by atoms with Crippen LogP contribution in [0.5, 0.6) is 0 Å². The summed E-state index contributed by atoms with van der Waals surface area (Å²) in [4.78, 5) is 15.4. The van der Waals surface area contributed by atoms with Gasteiger partial charge in [-0.25, -0.2) is 9.78 Å². The maximum absolute atomic E-state index is 10.9. The molecule has 1 aromatic carbocycles. The van der Waals surface area contributed by atoms with Crippen LogP contribution in [-0.2, 0) is 11.3 Å². The first kappa shape index (κ1) is 13.5. The maximum Gasteiger partial charge on any atom is 0.347 e. The molecule has 1 aromatic heterocycles. The van der Waals surface area contributed by atoms with Crippen LogP contribution in [0.3, 0.4) is 0 Å². The molecule has 0 amide bonds. The number of aromatic nitrogens is 1. The molecule has 2 aromatic rings. The van der Waals surface area contributed by atoms with Crippen molar-refractivity contribution in [3.05, 3.63) is 40.4 Å². The zero-order valence-electron chi connectivity index (χ0n) is 10.6. The lowest BCUT2D eigenvalue weighted by molar-refractivity contribution is 0.0701. The molecule has 100 valence electrons. The Labute approximate surface area is 114 Å². The number of anilines is 2. The monoisotopic (exact) mass is 278 g/mol. The zero-order valence-corrected chi connectivity index (χ0v) is 11.5. The molecule has 5 nitrogen and oxygen atoms in total. The molecule has 0 aliphatic heterocycles. The van der Waals surface area contributed by atoms with Gasteiger partial charge in [0.05, 0.1) is 12.3 Å². The van der Waals surface area contributed by atoms with E-state index in [1.807, 2.05) is 24.3 Å². The van der Waals surface area contributed by atoms with E-state index in [1.165, 1.54) is 0 Å². The molecule has 0 bridgehead atoms. The number of carboxylic acids is 1. The number of nitrogens with one attached hydrogen (secondary N) is 1. The summed E-state index contributed by atoms with van der Waals surface area (Å²) in [7, 11) is 1.65. The van der Waals surface area contributed by atoms with Crippen molar-refractivity contribution in [1.29, 1.82) is 0 Å². The Morgan fingerprint density at radius 1 is 1.42 bits per heavy atom. The molecule has 0 saturated carbocycles. The fourth-order valence-corrected chi connectivity index (χ4v) is 2.45. The van der Waals surface area contributed by atoms with Gasteiger partial charge in [0, 0.05) is 12.8 Å². The summed E-state index contributed by atoms with van der Waals surface area (Å²) < 4.78 is 5.04. The number of carbonyl (C=O) groups is 1. The summed E-state index contributed by atoms with van der Waals surface area (Å²) in [5.74, 6) is -0.946. The van der Waals surface area contributed by atoms with E-state index in [1.54, 1.807) is 14.0 Å². The number of nitrogens with zero attached hydrogens (tertiary/aromatic N) is 1. The Hall–Kier alpha value is -1.92. The van der Waals surface area contributed by atoms with Crippen molar-refractivity contribution < 1.29 is 14.6 Å². The van der Waals surface area contributed by atoms with Crippen LogP contribution in [0.15, 0.2) is 24.3 Å². The highest BCUT2D eigenvalue weighted by Crippen LogP contribution is 2.25. The lowest BCUT2D eigenvalue weighted by Gasteiger charge is -2.04. The largest absolute Gasteiger partial charge is 0.477 e. The second-order valence-electron chi connectivity index (χ2n) is 3.99. The topological polar surface area (TPSA) is 71.5 Å². The summed E-state index contributed by atoms with van der Waals surface area (Å²) in [5, 5.41) is 12.6. The van der Waals surface area contributed by atoms with Crippen molar-refractivity contribution in [2.45, 2.75) is 13.5 Å². The summed E-state index contributed by atoms with van der Waals surface area (Å²) in [5.41, 5.74) is 2.47. The van der Waals surface area contributed by atoms with Gasteiger partial charge in [0.25, 0.3) is 0 Å². The van der Waals surface area contributed by atoms with E-state index in [4.69, 9.17) is 9.84 Å². The van der Waals surface area contributed by atoms with Crippen LogP contribution in [-0.4, -0.2) is 23.2 Å². The molecule has 2 N–H and O–H groups in total. The van der Waals surface area contributed by atoms with Crippen molar-refractivity contribution >= 4 is 28.1 Å². The van der Waals surface area contributed by atoms with Crippen molar-refractivity contribution in [3.8, 4) is 0 Å². The smallest absolute Gasteiger partial charge is 0.347 e. The molecule has 0 atom stereocenters. The molecule has 0 aliphatic rings. The van der Waals surface area contributed by atoms with E-state index < -0.39 is 5.97 Å². The van der Waals surface area contributed by atoms with Gasteiger partial charge in [0.15, 0.2) is 5.13 Å². The molecule has 2 rings (SSSR count). The van der Waals surface area contributed by atoms with Gasteiger partial charge < -0.3 is 15.2 Å². The first-order valence-electron chi connectivity index (χ1n) is 5.66. The number of methoxy groups -OCH3 is 1. The maximum atomic E-state index is 10.9. The number of hydrogen-bond donors (Lipinski definition) is 2. The van der Waals surface area contributed by atoms with Crippen molar-refractivity contribution in [2.75, 3.05) is 12.4 Å². The van der Waals surface area contributed by atoms with Crippen molar-refractivity contribution in [1.82, 2.24) is 4.98 Å². The zero-order chi connectivity index (χ0) is 13.8. The van der Waals surface area contributed by atoms with E-state index in [9.17, 15) is 4.79 Å². The molecular formula is C13H14N2O3S. The third-order valence-corrected chi connectivity index (χ3v) is 3.57. The van der Waals surface area contributed by atoms with Crippen molar-refractivity contribution in [3.63, 3.8) is 0 Å². The Morgan fingerprint density at radius 2 is 2.11 bits per heavy atom. The quantitative estimate of drug-likeness (QED) is 0.879. The Morgan fingerprint density at radius 3 is 2.63 bits per heavy atom. The molecule has 6 heteroatoms. The van der Waals surface area contributed by atoms with E-state index in [0.29, 0.717) is 17.4 Å². The number of benzene rings is 1. The number of aryl methyl sites for hydroxylation is 1. The Kier molecular flexibility index (Phi) is 4.13.